The van der Waals surface area contributed by atoms with Crippen LogP contribution in [0.5, 0.6) is 11.5 Å². The zero-order chi connectivity index (χ0) is 14.3. The fraction of sp³-hybridized carbons (Fsp3) is 0.429. The number of halogens is 2. The molecule has 1 aromatic carbocycles. The maximum absolute atomic E-state index is 9.20. The van der Waals surface area contributed by atoms with Gasteiger partial charge in [0.25, 0.3) is 0 Å². The molecule has 0 aliphatic heterocycles. The average Bonchev–Trinajstić information content (AvgIpc) is 2.36. The molecule has 0 radical (unpaired) electrons. The zero-order valence-corrected chi connectivity index (χ0v) is 14.1. The van der Waals surface area contributed by atoms with E-state index in [-0.39, 0.29) is 18.5 Å². The second-order valence-electron chi connectivity index (χ2n) is 4.19. The van der Waals surface area contributed by atoms with E-state index < -0.39 is 0 Å². The van der Waals surface area contributed by atoms with Gasteiger partial charge < -0.3 is 19.9 Å². The Hall–Kier alpha value is -0.750. The van der Waals surface area contributed by atoms with Crippen LogP contribution >= 0.6 is 28.3 Å². The lowest BCUT2D eigenvalue weighted by molar-refractivity contribution is 0.191. The number of ether oxygens (including phenoxy) is 2. The number of rotatable bonds is 8. The van der Waals surface area contributed by atoms with E-state index in [1.807, 2.05) is 12.1 Å². The topological polar surface area (TPSA) is 50.7 Å². The smallest absolute Gasteiger partial charge is 0.175 e. The van der Waals surface area contributed by atoms with Crippen LogP contribution in [-0.2, 0) is 6.54 Å². The quantitative estimate of drug-likeness (QED) is 0.695. The Bertz CT molecular complexity index is 427. The number of hydrogen-bond donors (Lipinski definition) is 2. The van der Waals surface area contributed by atoms with Gasteiger partial charge in [0.2, 0.25) is 0 Å². The molecule has 0 aromatic heterocycles. The van der Waals surface area contributed by atoms with Gasteiger partial charge in [-0.1, -0.05) is 12.7 Å². The number of hydrogen-bond acceptors (Lipinski definition) is 4. The highest BCUT2D eigenvalue weighted by Crippen LogP contribution is 2.36. The van der Waals surface area contributed by atoms with E-state index in [2.05, 4.69) is 27.8 Å². The van der Waals surface area contributed by atoms with Crippen molar-refractivity contribution in [2.75, 3.05) is 20.3 Å². The lowest BCUT2D eigenvalue weighted by atomic mass is 10.2. The molecule has 0 spiro atoms. The van der Waals surface area contributed by atoms with Gasteiger partial charge in [0.05, 0.1) is 17.7 Å². The van der Waals surface area contributed by atoms with Crippen LogP contribution in [-0.4, -0.2) is 31.5 Å². The lowest BCUT2D eigenvalue weighted by Crippen LogP contribution is -2.23. The first kappa shape index (κ1) is 19.2. The molecule has 1 aromatic rings. The Morgan fingerprint density at radius 1 is 1.50 bits per heavy atom. The predicted octanol–water partition coefficient (Wildman–Crippen LogP) is 2.91. The SMILES string of the molecule is C=CCOc1c(Br)cc(CNCC(C)O)cc1OC.Cl. The molecule has 2 N–H and O–H groups in total. The minimum atomic E-state index is -0.361. The molecule has 1 rings (SSSR count). The molecule has 20 heavy (non-hydrogen) atoms. The van der Waals surface area contributed by atoms with Crippen molar-refractivity contribution in [3.8, 4) is 11.5 Å². The first-order chi connectivity index (χ1) is 9.08. The standard InChI is InChI=1S/C14H20BrNO3.ClH/c1-4-5-19-14-12(15)6-11(7-13(14)18-3)9-16-8-10(2)17;/h4,6-7,10,16-17H,1,5,8-9H2,2-3H3;1H. The van der Waals surface area contributed by atoms with Gasteiger partial charge in [0, 0.05) is 13.1 Å². The Balaban J connectivity index is 0.00000361. The Morgan fingerprint density at radius 3 is 2.75 bits per heavy atom. The summed E-state index contributed by atoms with van der Waals surface area (Å²) in [4.78, 5) is 0. The molecule has 0 amide bonds. The van der Waals surface area contributed by atoms with Crippen molar-refractivity contribution in [2.45, 2.75) is 19.6 Å². The van der Waals surface area contributed by atoms with Crippen LogP contribution in [0, 0.1) is 0 Å². The van der Waals surface area contributed by atoms with Crippen LogP contribution in [0.4, 0.5) is 0 Å². The number of aliphatic hydroxyl groups is 1. The van der Waals surface area contributed by atoms with Crippen LogP contribution in [0.15, 0.2) is 29.3 Å². The molecule has 0 saturated heterocycles. The Morgan fingerprint density at radius 2 is 2.20 bits per heavy atom. The molecule has 0 bridgehead atoms. The third-order valence-corrected chi connectivity index (χ3v) is 2.99. The second-order valence-corrected chi connectivity index (χ2v) is 5.04. The van der Waals surface area contributed by atoms with Crippen molar-refractivity contribution in [3.63, 3.8) is 0 Å². The summed E-state index contributed by atoms with van der Waals surface area (Å²) < 4.78 is 11.7. The third-order valence-electron chi connectivity index (χ3n) is 2.40. The summed E-state index contributed by atoms with van der Waals surface area (Å²) in [5.74, 6) is 1.34. The molecular weight excluding hydrogens is 346 g/mol. The third kappa shape index (κ3) is 6.13. The average molecular weight is 367 g/mol. The lowest BCUT2D eigenvalue weighted by Gasteiger charge is -2.14. The normalized spacial score (nSPS) is 11.4. The van der Waals surface area contributed by atoms with Crippen molar-refractivity contribution in [1.82, 2.24) is 5.32 Å². The van der Waals surface area contributed by atoms with Gasteiger partial charge in [-0.3, -0.25) is 0 Å². The van der Waals surface area contributed by atoms with E-state index in [1.54, 1.807) is 20.1 Å². The minimum Gasteiger partial charge on any atom is -0.493 e. The summed E-state index contributed by atoms with van der Waals surface area (Å²) >= 11 is 3.47. The van der Waals surface area contributed by atoms with Crippen molar-refractivity contribution < 1.29 is 14.6 Å². The molecular formula is C14H21BrClNO3. The molecule has 0 heterocycles. The Kier molecular flexibility index (Phi) is 9.67. The van der Waals surface area contributed by atoms with Crippen molar-refractivity contribution >= 4 is 28.3 Å². The number of methoxy groups -OCH3 is 1. The fourth-order valence-corrected chi connectivity index (χ4v) is 2.19. The Labute approximate surface area is 134 Å². The number of benzene rings is 1. The van der Waals surface area contributed by atoms with Crippen LogP contribution < -0.4 is 14.8 Å². The molecule has 114 valence electrons. The maximum atomic E-state index is 9.20. The summed E-state index contributed by atoms with van der Waals surface area (Å²) in [6, 6.07) is 3.88. The van der Waals surface area contributed by atoms with Crippen LogP contribution in [0.3, 0.4) is 0 Å². The van der Waals surface area contributed by atoms with Gasteiger partial charge in [-0.25, -0.2) is 0 Å². The van der Waals surface area contributed by atoms with Crippen molar-refractivity contribution in [2.24, 2.45) is 0 Å². The van der Waals surface area contributed by atoms with E-state index >= 15 is 0 Å². The molecule has 0 aliphatic carbocycles. The summed E-state index contributed by atoms with van der Waals surface area (Å²) in [5, 5.41) is 12.4. The molecule has 0 aliphatic rings. The molecule has 0 saturated carbocycles. The molecule has 6 heteroatoms. The highest BCUT2D eigenvalue weighted by atomic mass is 79.9. The fourth-order valence-electron chi connectivity index (χ4n) is 1.58. The van der Waals surface area contributed by atoms with Crippen LogP contribution in [0.25, 0.3) is 0 Å². The van der Waals surface area contributed by atoms with Gasteiger partial charge in [-0.2, -0.15) is 0 Å². The van der Waals surface area contributed by atoms with Crippen LogP contribution in [0.1, 0.15) is 12.5 Å². The van der Waals surface area contributed by atoms with Crippen LogP contribution in [0.2, 0.25) is 0 Å². The first-order valence-corrected chi connectivity index (χ1v) is 6.86. The van der Waals surface area contributed by atoms with Crippen molar-refractivity contribution in [1.29, 1.82) is 0 Å². The highest BCUT2D eigenvalue weighted by Gasteiger charge is 2.11. The molecule has 0 fully saturated rings. The summed E-state index contributed by atoms with van der Waals surface area (Å²) in [6.45, 7) is 7.00. The van der Waals surface area contributed by atoms with Gasteiger partial charge >= 0.3 is 0 Å². The van der Waals surface area contributed by atoms with E-state index in [9.17, 15) is 5.11 Å². The van der Waals surface area contributed by atoms with E-state index in [4.69, 9.17) is 9.47 Å². The number of aliphatic hydroxyl groups excluding tert-OH is 1. The summed E-state index contributed by atoms with van der Waals surface area (Å²) in [6.07, 6.45) is 1.32. The zero-order valence-electron chi connectivity index (χ0n) is 11.7. The van der Waals surface area contributed by atoms with Gasteiger partial charge in [0.15, 0.2) is 11.5 Å². The van der Waals surface area contributed by atoms with Crippen molar-refractivity contribution in [3.05, 3.63) is 34.8 Å². The van der Waals surface area contributed by atoms with E-state index in [1.165, 1.54) is 0 Å². The molecule has 1 unspecified atom stereocenters. The summed E-state index contributed by atoms with van der Waals surface area (Å²) in [5.41, 5.74) is 1.05. The number of nitrogens with one attached hydrogen (secondary N) is 1. The largest absolute Gasteiger partial charge is 0.493 e. The van der Waals surface area contributed by atoms with Gasteiger partial charge in [-0.15, -0.1) is 12.4 Å². The highest BCUT2D eigenvalue weighted by molar-refractivity contribution is 9.10. The van der Waals surface area contributed by atoms with Gasteiger partial charge in [0.1, 0.15) is 6.61 Å². The maximum Gasteiger partial charge on any atom is 0.175 e. The summed E-state index contributed by atoms with van der Waals surface area (Å²) in [7, 11) is 1.61. The molecule has 4 nitrogen and oxygen atoms in total. The monoisotopic (exact) mass is 365 g/mol. The first-order valence-electron chi connectivity index (χ1n) is 6.07. The second kappa shape index (κ2) is 10.0. The van der Waals surface area contributed by atoms with E-state index in [0.717, 1.165) is 10.0 Å². The molecule has 1 atom stereocenters. The minimum absolute atomic E-state index is 0. The van der Waals surface area contributed by atoms with Gasteiger partial charge in [-0.05, 0) is 40.5 Å². The van der Waals surface area contributed by atoms with E-state index in [0.29, 0.717) is 31.2 Å². The predicted molar refractivity (Wildman–Crippen MR) is 87.0 cm³/mol.